The van der Waals surface area contributed by atoms with Crippen LogP contribution in [0, 0.1) is 5.92 Å². The highest BCUT2D eigenvalue weighted by molar-refractivity contribution is 6.01. The number of aldehydes is 2. The molecule has 6 nitrogen and oxygen atoms in total. The Morgan fingerprint density at radius 3 is 2.74 bits per heavy atom. The van der Waals surface area contributed by atoms with E-state index in [0.717, 1.165) is 12.8 Å². The van der Waals surface area contributed by atoms with Gasteiger partial charge in [-0.2, -0.15) is 0 Å². The lowest BCUT2D eigenvalue weighted by molar-refractivity contribution is 0.0631. The Labute approximate surface area is 157 Å². The van der Waals surface area contributed by atoms with Crippen molar-refractivity contribution in [3.8, 4) is 11.5 Å². The Morgan fingerprint density at radius 2 is 1.96 bits per heavy atom. The maximum atomic E-state index is 12.8. The normalized spacial score (nSPS) is 16.6. The second-order valence-electron chi connectivity index (χ2n) is 6.58. The molecule has 2 aromatic carbocycles. The van der Waals surface area contributed by atoms with Crippen molar-refractivity contribution in [3.63, 3.8) is 0 Å². The summed E-state index contributed by atoms with van der Waals surface area (Å²) < 4.78 is 5.74. The number of piperidine rings is 1. The molecule has 0 aliphatic carbocycles. The monoisotopic (exact) mass is 367 g/mol. The Morgan fingerprint density at radius 1 is 1.15 bits per heavy atom. The Kier molecular flexibility index (Phi) is 5.86. The molecule has 27 heavy (non-hydrogen) atoms. The minimum atomic E-state index is -0.159. The van der Waals surface area contributed by atoms with Gasteiger partial charge < -0.3 is 14.7 Å². The SMILES string of the molecule is O=Cc1ccccc1C(=O)N1CCC[C@@H](COc2cccc(O)c2C=O)C1. The number of aromatic hydroxyl groups is 1. The van der Waals surface area contributed by atoms with Crippen LogP contribution in [-0.2, 0) is 0 Å². The summed E-state index contributed by atoms with van der Waals surface area (Å²) in [5, 5.41) is 9.73. The highest BCUT2D eigenvalue weighted by atomic mass is 16.5. The molecule has 140 valence electrons. The molecule has 1 N–H and O–H groups in total. The molecule has 0 unspecified atom stereocenters. The molecule has 1 atom stereocenters. The van der Waals surface area contributed by atoms with E-state index in [2.05, 4.69) is 0 Å². The summed E-state index contributed by atoms with van der Waals surface area (Å²) in [5.41, 5.74) is 0.919. The Bertz CT molecular complexity index is 848. The molecular formula is C21H21NO5. The van der Waals surface area contributed by atoms with Gasteiger partial charge in [0.25, 0.3) is 5.91 Å². The van der Waals surface area contributed by atoms with E-state index in [1.807, 2.05) is 0 Å². The minimum absolute atomic E-state index is 0.105. The molecule has 1 aliphatic heterocycles. The van der Waals surface area contributed by atoms with Crippen LogP contribution in [0.5, 0.6) is 11.5 Å². The molecule has 1 aliphatic rings. The van der Waals surface area contributed by atoms with E-state index in [1.54, 1.807) is 41.3 Å². The van der Waals surface area contributed by atoms with Crippen LogP contribution in [0.1, 0.15) is 43.9 Å². The first-order chi connectivity index (χ1) is 13.1. The third-order valence-electron chi connectivity index (χ3n) is 4.76. The van der Waals surface area contributed by atoms with Crippen molar-refractivity contribution in [2.75, 3.05) is 19.7 Å². The molecular weight excluding hydrogens is 346 g/mol. The first-order valence-electron chi connectivity index (χ1n) is 8.87. The van der Waals surface area contributed by atoms with Crippen LogP contribution in [-0.4, -0.2) is 48.2 Å². The van der Waals surface area contributed by atoms with Gasteiger partial charge in [0.1, 0.15) is 11.5 Å². The predicted molar refractivity (Wildman–Crippen MR) is 99.4 cm³/mol. The van der Waals surface area contributed by atoms with Crippen molar-refractivity contribution in [1.29, 1.82) is 0 Å². The van der Waals surface area contributed by atoms with Gasteiger partial charge in [-0.05, 0) is 31.0 Å². The van der Waals surface area contributed by atoms with Crippen molar-refractivity contribution in [2.24, 2.45) is 5.92 Å². The number of carbonyl (C=O) groups is 3. The molecule has 2 aromatic rings. The van der Waals surface area contributed by atoms with Gasteiger partial charge in [0, 0.05) is 24.6 Å². The van der Waals surface area contributed by atoms with Crippen LogP contribution in [0.25, 0.3) is 0 Å². The van der Waals surface area contributed by atoms with Gasteiger partial charge >= 0.3 is 0 Å². The molecule has 0 bridgehead atoms. The average Bonchev–Trinajstić information content (AvgIpc) is 2.72. The summed E-state index contributed by atoms with van der Waals surface area (Å²) in [5.74, 6) is 0.162. The third kappa shape index (κ3) is 4.16. The van der Waals surface area contributed by atoms with Crippen molar-refractivity contribution in [3.05, 3.63) is 59.2 Å². The fourth-order valence-corrected chi connectivity index (χ4v) is 3.33. The van der Waals surface area contributed by atoms with Crippen LogP contribution < -0.4 is 4.74 Å². The minimum Gasteiger partial charge on any atom is -0.507 e. The van der Waals surface area contributed by atoms with Crippen LogP contribution in [0.4, 0.5) is 0 Å². The number of likely N-dealkylation sites (tertiary alicyclic amines) is 1. The van der Waals surface area contributed by atoms with Gasteiger partial charge in [0.15, 0.2) is 12.6 Å². The average molecular weight is 367 g/mol. The molecule has 0 aromatic heterocycles. The number of rotatable bonds is 6. The van der Waals surface area contributed by atoms with Gasteiger partial charge in [0.05, 0.1) is 17.7 Å². The van der Waals surface area contributed by atoms with Gasteiger partial charge in [-0.15, -0.1) is 0 Å². The summed E-state index contributed by atoms with van der Waals surface area (Å²) in [6.07, 6.45) is 3.00. The second-order valence-corrected chi connectivity index (χ2v) is 6.58. The number of ether oxygens (including phenoxy) is 1. The van der Waals surface area contributed by atoms with E-state index >= 15 is 0 Å². The Hall–Kier alpha value is -3.15. The quantitative estimate of drug-likeness (QED) is 0.794. The Balaban J connectivity index is 1.66. The van der Waals surface area contributed by atoms with Crippen LogP contribution in [0.15, 0.2) is 42.5 Å². The summed E-state index contributed by atoms with van der Waals surface area (Å²) in [6, 6.07) is 11.5. The van der Waals surface area contributed by atoms with Crippen molar-refractivity contribution >= 4 is 18.5 Å². The number of hydrogen-bond acceptors (Lipinski definition) is 5. The van der Waals surface area contributed by atoms with Gasteiger partial charge in [-0.25, -0.2) is 0 Å². The fourth-order valence-electron chi connectivity index (χ4n) is 3.33. The van der Waals surface area contributed by atoms with Gasteiger partial charge in [0.2, 0.25) is 0 Å². The van der Waals surface area contributed by atoms with E-state index in [0.29, 0.717) is 49.1 Å². The molecule has 0 spiro atoms. The van der Waals surface area contributed by atoms with Gasteiger partial charge in [-0.3, -0.25) is 14.4 Å². The second kappa shape index (κ2) is 8.49. The number of carbonyl (C=O) groups excluding carboxylic acids is 3. The zero-order valence-corrected chi connectivity index (χ0v) is 14.8. The first kappa shape index (κ1) is 18.6. The lowest BCUT2D eigenvalue weighted by Gasteiger charge is -2.33. The van der Waals surface area contributed by atoms with Crippen LogP contribution >= 0.6 is 0 Å². The first-order valence-corrected chi connectivity index (χ1v) is 8.87. The summed E-state index contributed by atoms with van der Waals surface area (Å²) in [6.45, 7) is 1.49. The van der Waals surface area contributed by atoms with E-state index in [4.69, 9.17) is 4.74 Å². The molecule has 0 saturated carbocycles. The van der Waals surface area contributed by atoms with E-state index in [1.165, 1.54) is 6.07 Å². The number of hydrogen-bond donors (Lipinski definition) is 1. The largest absolute Gasteiger partial charge is 0.507 e. The maximum absolute atomic E-state index is 12.8. The molecule has 3 rings (SSSR count). The fraction of sp³-hybridized carbons (Fsp3) is 0.286. The zero-order valence-electron chi connectivity index (χ0n) is 14.8. The zero-order chi connectivity index (χ0) is 19.2. The summed E-state index contributed by atoms with van der Waals surface area (Å²) in [7, 11) is 0. The van der Waals surface area contributed by atoms with Gasteiger partial charge in [-0.1, -0.05) is 24.3 Å². The van der Waals surface area contributed by atoms with E-state index in [9.17, 15) is 19.5 Å². The number of phenolic OH excluding ortho intramolecular Hbond substituents is 1. The molecule has 0 radical (unpaired) electrons. The molecule has 1 fully saturated rings. The summed E-state index contributed by atoms with van der Waals surface area (Å²) >= 11 is 0. The smallest absolute Gasteiger partial charge is 0.254 e. The highest BCUT2D eigenvalue weighted by Gasteiger charge is 2.26. The summed E-state index contributed by atoms with van der Waals surface area (Å²) in [4.78, 5) is 36.9. The lowest BCUT2D eigenvalue weighted by Crippen LogP contribution is -2.41. The number of nitrogens with zero attached hydrogens (tertiary/aromatic N) is 1. The number of amides is 1. The maximum Gasteiger partial charge on any atom is 0.254 e. The molecule has 6 heteroatoms. The number of benzene rings is 2. The van der Waals surface area contributed by atoms with E-state index in [-0.39, 0.29) is 23.1 Å². The van der Waals surface area contributed by atoms with E-state index < -0.39 is 0 Å². The molecule has 1 amide bonds. The highest BCUT2D eigenvalue weighted by Crippen LogP contribution is 2.27. The van der Waals surface area contributed by atoms with Crippen LogP contribution in [0.3, 0.4) is 0 Å². The molecule has 1 heterocycles. The topological polar surface area (TPSA) is 83.9 Å². The number of phenols is 1. The lowest BCUT2D eigenvalue weighted by atomic mass is 9.97. The predicted octanol–water partition coefficient (Wildman–Crippen LogP) is 2.95. The van der Waals surface area contributed by atoms with Crippen LogP contribution in [0.2, 0.25) is 0 Å². The molecule has 1 saturated heterocycles. The van der Waals surface area contributed by atoms with Crippen molar-refractivity contribution in [2.45, 2.75) is 12.8 Å². The standard InChI is InChI=1S/C21H21NO5/c23-12-16-6-1-2-7-17(16)21(26)22-10-4-5-15(11-22)14-27-20-9-3-8-19(25)18(20)13-24/h1-3,6-9,12-13,15,25H,4-5,10-11,14H2/t15-/m1/s1. The van der Waals surface area contributed by atoms with Crippen molar-refractivity contribution in [1.82, 2.24) is 4.90 Å². The van der Waals surface area contributed by atoms with Crippen molar-refractivity contribution < 1.29 is 24.2 Å². The third-order valence-corrected chi connectivity index (χ3v) is 4.76.